The van der Waals surface area contributed by atoms with Crippen LogP contribution in [0, 0.1) is 0 Å². The van der Waals surface area contributed by atoms with Gasteiger partial charge >= 0.3 is 0 Å². The molecule has 1 heterocycles. The van der Waals surface area contributed by atoms with Crippen LogP contribution in [-0.2, 0) is 4.74 Å². The zero-order valence-electron chi connectivity index (χ0n) is 9.64. The molecule has 1 atom stereocenters. The predicted octanol–water partition coefficient (Wildman–Crippen LogP) is 0.183. The van der Waals surface area contributed by atoms with Gasteiger partial charge < -0.3 is 15.6 Å². The van der Waals surface area contributed by atoms with Crippen molar-refractivity contribution in [2.45, 2.75) is 12.5 Å². The largest absolute Gasteiger partial charge is 0.396 e. The average Bonchev–Trinajstić information content (AvgIpc) is 2.27. The van der Waals surface area contributed by atoms with Gasteiger partial charge in [-0.3, -0.25) is 4.90 Å². The lowest BCUT2D eigenvalue weighted by molar-refractivity contribution is 0.0895. The Labute approximate surface area is 108 Å². The highest BCUT2D eigenvalue weighted by Gasteiger charge is 2.21. The topological polar surface area (TPSA) is 58.7 Å². The zero-order chi connectivity index (χ0) is 10.9. The van der Waals surface area contributed by atoms with Crippen LogP contribution in [0.15, 0.2) is 0 Å². The number of rotatable bonds is 7. The number of halogens is 1. The molecular weight excluding hydrogens is 248 g/mol. The summed E-state index contributed by atoms with van der Waals surface area (Å²) in [7, 11) is 0. The molecule has 16 heavy (non-hydrogen) atoms. The van der Waals surface area contributed by atoms with Crippen LogP contribution in [0.3, 0.4) is 0 Å². The quantitative estimate of drug-likeness (QED) is 0.647. The molecule has 1 saturated heterocycles. The molecule has 6 heteroatoms. The molecule has 0 aliphatic carbocycles. The SMILES string of the molecule is Cl.NCCOCCN1CCSCC1CCO. The summed E-state index contributed by atoms with van der Waals surface area (Å²) in [5.74, 6) is 2.33. The minimum atomic E-state index is 0. The molecule has 0 radical (unpaired) electrons. The molecule has 0 aromatic heterocycles. The van der Waals surface area contributed by atoms with Gasteiger partial charge in [0.1, 0.15) is 0 Å². The van der Waals surface area contributed by atoms with Crippen molar-refractivity contribution in [2.24, 2.45) is 5.73 Å². The Morgan fingerprint density at radius 1 is 1.44 bits per heavy atom. The number of aliphatic hydroxyl groups is 1. The summed E-state index contributed by atoms with van der Waals surface area (Å²) >= 11 is 1.98. The molecule has 1 aliphatic rings. The Balaban J connectivity index is 0.00000225. The van der Waals surface area contributed by atoms with Crippen LogP contribution in [0.25, 0.3) is 0 Å². The lowest BCUT2D eigenvalue weighted by Gasteiger charge is -2.34. The smallest absolute Gasteiger partial charge is 0.0594 e. The summed E-state index contributed by atoms with van der Waals surface area (Å²) in [4.78, 5) is 2.42. The van der Waals surface area contributed by atoms with E-state index >= 15 is 0 Å². The first-order valence-electron chi connectivity index (χ1n) is 5.59. The Kier molecular flexibility index (Phi) is 10.9. The maximum atomic E-state index is 8.96. The molecule has 0 aromatic rings. The van der Waals surface area contributed by atoms with Gasteiger partial charge in [-0.15, -0.1) is 12.4 Å². The van der Waals surface area contributed by atoms with E-state index in [9.17, 15) is 0 Å². The van der Waals surface area contributed by atoms with Gasteiger partial charge in [-0.2, -0.15) is 11.8 Å². The van der Waals surface area contributed by atoms with E-state index in [0.29, 0.717) is 19.2 Å². The minimum absolute atomic E-state index is 0. The van der Waals surface area contributed by atoms with Crippen LogP contribution in [0.1, 0.15) is 6.42 Å². The fourth-order valence-corrected chi connectivity index (χ4v) is 2.95. The highest BCUT2D eigenvalue weighted by atomic mass is 35.5. The fraction of sp³-hybridized carbons (Fsp3) is 1.00. The van der Waals surface area contributed by atoms with E-state index in [2.05, 4.69) is 4.90 Å². The molecule has 98 valence electrons. The van der Waals surface area contributed by atoms with Crippen LogP contribution in [0.2, 0.25) is 0 Å². The van der Waals surface area contributed by atoms with E-state index in [4.69, 9.17) is 15.6 Å². The number of nitrogens with two attached hydrogens (primary N) is 1. The predicted molar refractivity (Wildman–Crippen MR) is 71.5 cm³/mol. The Hall–Kier alpha value is 0.480. The summed E-state index contributed by atoms with van der Waals surface area (Å²) in [6.45, 7) is 4.35. The standard InChI is InChI=1S/C10H22N2O2S.ClH/c11-2-6-14-7-3-12-4-8-15-9-10(12)1-5-13;/h10,13H,1-9,11H2;1H. The third-order valence-electron chi connectivity index (χ3n) is 2.60. The Morgan fingerprint density at radius 2 is 2.25 bits per heavy atom. The van der Waals surface area contributed by atoms with E-state index in [1.165, 1.54) is 5.75 Å². The molecular formula is C10H23ClN2O2S. The molecule has 1 rings (SSSR count). The van der Waals surface area contributed by atoms with E-state index in [1.807, 2.05) is 11.8 Å². The van der Waals surface area contributed by atoms with Crippen molar-refractivity contribution >= 4 is 24.2 Å². The molecule has 0 bridgehead atoms. The molecule has 0 saturated carbocycles. The molecule has 0 amide bonds. The van der Waals surface area contributed by atoms with Gasteiger partial charge in [-0.05, 0) is 6.42 Å². The van der Waals surface area contributed by atoms with Gasteiger partial charge in [-0.1, -0.05) is 0 Å². The lowest BCUT2D eigenvalue weighted by atomic mass is 10.2. The second kappa shape index (κ2) is 10.6. The van der Waals surface area contributed by atoms with Gasteiger partial charge in [-0.25, -0.2) is 0 Å². The van der Waals surface area contributed by atoms with Crippen LogP contribution in [0.4, 0.5) is 0 Å². The van der Waals surface area contributed by atoms with Gasteiger partial charge in [0.2, 0.25) is 0 Å². The number of thioether (sulfide) groups is 1. The highest BCUT2D eigenvalue weighted by molar-refractivity contribution is 7.99. The minimum Gasteiger partial charge on any atom is -0.396 e. The first-order valence-corrected chi connectivity index (χ1v) is 6.74. The van der Waals surface area contributed by atoms with E-state index < -0.39 is 0 Å². The summed E-state index contributed by atoms with van der Waals surface area (Å²) in [6.07, 6.45) is 0.879. The van der Waals surface area contributed by atoms with Crippen LogP contribution in [-0.4, -0.2) is 67.0 Å². The van der Waals surface area contributed by atoms with Crippen molar-refractivity contribution in [1.82, 2.24) is 4.90 Å². The number of nitrogens with zero attached hydrogens (tertiary/aromatic N) is 1. The Morgan fingerprint density at radius 3 is 2.94 bits per heavy atom. The molecule has 4 nitrogen and oxygen atoms in total. The summed E-state index contributed by atoms with van der Waals surface area (Å²) < 4.78 is 5.38. The van der Waals surface area contributed by atoms with Gasteiger partial charge in [0.15, 0.2) is 0 Å². The molecule has 0 aromatic carbocycles. The van der Waals surface area contributed by atoms with Crippen LogP contribution in [0.5, 0.6) is 0 Å². The van der Waals surface area contributed by atoms with Crippen LogP contribution >= 0.6 is 24.2 Å². The monoisotopic (exact) mass is 270 g/mol. The molecule has 0 spiro atoms. The maximum Gasteiger partial charge on any atom is 0.0594 e. The number of ether oxygens (including phenoxy) is 1. The Bertz CT molecular complexity index is 164. The van der Waals surface area contributed by atoms with Crippen molar-refractivity contribution in [3.8, 4) is 0 Å². The van der Waals surface area contributed by atoms with Crippen molar-refractivity contribution in [2.75, 3.05) is 51.0 Å². The molecule has 3 N–H and O–H groups in total. The zero-order valence-corrected chi connectivity index (χ0v) is 11.3. The van der Waals surface area contributed by atoms with Crippen LogP contribution < -0.4 is 5.73 Å². The summed E-state index contributed by atoms with van der Waals surface area (Å²) in [5.41, 5.74) is 5.35. The van der Waals surface area contributed by atoms with E-state index in [0.717, 1.165) is 31.9 Å². The molecule has 1 unspecified atom stereocenters. The van der Waals surface area contributed by atoms with Crippen molar-refractivity contribution < 1.29 is 9.84 Å². The highest BCUT2D eigenvalue weighted by Crippen LogP contribution is 2.18. The number of hydrogen-bond donors (Lipinski definition) is 2. The maximum absolute atomic E-state index is 8.96. The van der Waals surface area contributed by atoms with Crippen molar-refractivity contribution in [3.63, 3.8) is 0 Å². The molecule has 1 fully saturated rings. The van der Waals surface area contributed by atoms with Gasteiger partial charge in [0.25, 0.3) is 0 Å². The first kappa shape index (κ1) is 16.5. The fourth-order valence-electron chi connectivity index (χ4n) is 1.77. The second-order valence-corrected chi connectivity index (χ2v) is 4.83. The van der Waals surface area contributed by atoms with E-state index in [1.54, 1.807) is 0 Å². The number of aliphatic hydroxyl groups excluding tert-OH is 1. The van der Waals surface area contributed by atoms with Crippen molar-refractivity contribution in [3.05, 3.63) is 0 Å². The second-order valence-electron chi connectivity index (χ2n) is 3.68. The lowest BCUT2D eigenvalue weighted by Crippen LogP contribution is -2.44. The van der Waals surface area contributed by atoms with Gasteiger partial charge in [0.05, 0.1) is 13.2 Å². The normalized spacial score (nSPS) is 21.8. The van der Waals surface area contributed by atoms with Crippen molar-refractivity contribution in [1.29, 1.82) is 0 Å². The summed E-state index contributed by atoms with van der Waals surface area (Å²) in [6, 6.07) is 0.523. The third-order valence-corrected chi connectivity index (χ3v) is 3.69. The van der Waals surface area contributed by atoms with E-state index in [-0.39, 0.29) is 19.0 Å². The molecule has 1 aliphatic heterocycles. The average molecular weight is 271 g/mol. The summed E-state index contributed by atoms with van der Waals surface area (Å²) in [5, 5.41) is 8.96. The van der Waals surface area contributed by atoms with Gasteiger partial charge in [0, 0.05) is 43.8 Å². The third kappa shape index (κ3) is 6.27. The first-order chi connectivity index (χ1) is 7.38. The number of hydrogen-bond acceptors (Lipinski definition) is 5.